The number of aryl methyl sites for hydroxylation is 1. The highest BCUT2D eigenvalue weighted by molar-refractivity contribution is 6.39. The predicted molar refractivity (Wildman–Crippen MR) is 96.2 cm³/mol. The molecule has 2 N–H and O–H groups in total. The van der Waals surface area contributed by atoms with Crippen molar-refractivity contribution in [2.24, 2.45) is 9.98 Å². The molecule has 10 heteroatoms. The fourth-order valence-electron chi connectivity index (χ4n) is 2.23. The van der Waals surface area contributed by atoms with E-state index in [1.54, 1.807) is 26.0 Å². The Labute approximate surface area is 153 Å². The fourth-order valence-corrected chi connectivity index (χ4v) is 2.23. The van der Waals surface area contributed by atoms with Gasteiger partial charge in [0.2, 0.25) is 0 Å². The number of aliphatic imine (C=N–C) groups is 2. The molecule has 3 amide bonds. The zero-order valence-corrected chi connectivity index (χ0v) is 14.6. The molecule has 0 spiro atoms. The van der Waals surface area contributed by atoms with E-state index in [1.807, 2.05) is 0 Å². The van der Waals surface area contributed by atoms with E-state index in [-0.39, 0.29) is 23.9 Å². The zero-order chi connectivity index (χ0) is 19.6. The first kappa shape index (κ1) is 18.0. The van der Waals surface area contributed by atoms with Gasteiger partial charge in [-0.15, -0.1) is 0 Å². The van der Waals surface area contributed by atoms with E-state index >= 15 is 0 Å². The third-order valence-corrected chi connectivity index (χ3v) is 3.64. The maximum Gasteiger partial charge on any atom is 0.314 e. The summed E-state index contributed by atoms with van der Waals surface area (Å²) in [5, 5.41) is 9.03. The fraction of sp³-hybridized carbons (Fsp3) is 0.176. The van der Waals surface area contributed by atoms with Crippen molar-refractivity contribution < 1.29 is 18.8 Å². The van der Waals surface area contributed by atoms with Crippen LogP contribution in [0.2, 0.25) is 0 Å². The van der Waals surface area contributed by atoms with Crippen molar-refractivity contribution in [1.82, 2.24) is 15.1 Å². The highest BCUT2D eigenvalue weighted by Crippen LogP contribution is 2.14. The number of hydrogen-bond acceptors (Lipinski definition) is 6. The Balaban J connectivity index is 1.75. The SMILES string of the molecule is C=C1C(=O)N=C(n2nc(C)cc2NC(=O)C(=O)NCc2ccco2)N=C1C. The number of amides is 3. The number of nitrogens with zero attached hydrogens (tertiary/aromatic N) is 4. The summed E-state index contributed by atoms with van der Waals surface area (Å²) in [6, 6.07) is 4.87. The Morgan fingerprint density at radius 1 is 1.26 bits per heavy atom. The Bertz CT molecular complexity index is 997. The van der Waals surface area contributed by atoms with Crippen LogP contribution in [0.25, 0.3) is 0 Å². The number of hydrogen-bond donors (Lipinski definition) is 2. The summed E-state index contributed by atoms with van der Waals surface area (Å²) in [5.74, 6) is -1.66. The molecule has 0 saturated heterocycles. The lowest BCUT2D eigenvalue weighted by Gasteiger charge is -2.12. The van der Waals surface area contributed by atoms with Crippen molar-refractivity contribution in [2.75, 3.05) is 5.32 Å². The maximum absolute atomic E-state index is 12.1. The first-order valence-corrected chi connectivity index (χ1v) is 7.91. The number of carbonyl (C=O) groups is 3. The first-order valence-electron chi connectivity index (χ1n) is 7.91. The molecule has 1 aliphatic rings. The molecule has 0 unspecified atom stereocenters. The third kappa shape index (κ3) is 3.89. The topological polar surface area (TPSA) is 131 Å². The molecule has 1 aliphatic heterocycles. The van der Waals surface area contributed by atoms with E-state index in [2.05, 4.69) is 32.3 Å². The van der Waals surface area contributed by atoms with Crippen molar-refractivity contribution in [1.29, 1.82) is 0 Å². The minimum atomic E-state index is -0.907. The Morgan fingerprint density at radius 3 is 2.70 bits per heavy atom. The predicted octanol–water partition coefficient (Wildman–Crippen LogP) is 0.801. The van der Waals surface area contributed by atoms with Crippen LogP contribution in [0.5, 0.6) is 0 Å². The monoisotopic (exact) mass is 368 g/mol. The quantitative estimate of drug-likeness (QED) is 0.611. The molecule has 10 nitrogen and oxygen atoms in total. The van der Waals surface area contributed by atoms with E-state index in [1.165, 1.54) is 17.0 Å². The first-order chi connectivity index (χ1) is 12.8. The van der Waals surface area contributed by atoms with Crippen LogP contribution in [-0.2, 0) is 20.9 Å². The summed E-state index contributed by atoms with van der Waals surface area (Å²) in [4.78, 5) is 43.9. The van der Waals surface area contributed by atoms with Gasteiger partial charge in [0.25, 0.3) is 11.9 Å². The second-order valence-corrected chi connectivity index (χ2v) is 5.69. The van der Waals surface area contributed by atoms with Gasteiger partial charge in [0.1, 0.15) is 11.6 Å². The minimum Gasteiger partial charge on any atom is -0.467 e. The van der Waals surface area contributed by atoms with E-state index < -0.39 is 17.7 Å². The minimum absolute atomic E-state index is 0.0238. The zero-order valence-electron chi connectivity index (χ0n) is 14.6. The second-order valence-electron chi connectivity index (χ2n) is 5.69. The van der Waals surface area contributed by atoms with Crippen molar-refractivity contribution >= 4 is 35.2 Å². The highest BCUT2D eigenvalue weighted by Gasteiger charge is 2.23. The summed E-state index contributed by atoms with van der Waals surface area (Å²) >= 11 is 0. The van der Waals surface area contributed by atoms with Gasteiger partial charge >= 0.3 is 11.8 Å². The summed E-state index contributed by atoms with van der Waals surface area (Å²) in [6.45, 7) is 6.97. The van der Waals surface area contributed by atoms with Crippen LogP contribution in [0, 0.1) is 6.92 Å². The van der Waals surface area contributed by atoms with Crippen LogP contribution < -0.4 is 10.6 Å². The van der Waals surface area contributed by atoms with Crippen LogP contribution in [0.4, 0.5) is 5.82 Å². The van der Waals surface area contributed by atoms with E-state index in [9.17, 15) is 14.4 Å². The molecule has 2 aromatic heterocycles. The molecule has 0 aromatic carbocycles. The van der Waals surface area contributed by atoms with Crippen LogP contribution in [0.15, 0.2) is 51.0 Å². The molecule has 0 aliphatic carbocycles. The van der Waals surface area contributed by atoms with Gasteiger partial charge in [-0.3, -0.25) is 14.4 Å². The van der Waals surface area contributed by atoms with Gasteiger partial charge in [-0.1, -0.05) is 6.58 Å². The summed E-state index contributed by atoms with van der Waals surface area (Å²) < 4.78 is 6.26. The highest BCUT2D eigenvalue weighted by atomic mass is 16.3. The second kappa shape index (κ2) is 7.20. The third-order valence-electron chi connectivity index (χ3n) is 3.64. The average molecular weight is 368 g/mol. The Morgan fingerprint density at radius 2 is 2.04 bits per heavy atom. The Hall–Kier alpha value is -3.82. The summed E-state index contributed by atoms with van der Waals surface area (Å²) in [7, 11) is 0. The number of furan rings is 1. The van der Waals surface area contributed by atoms with Gasteiger partial charge in [0, 0.05) is 6.07 Å². The molecule has 0 fully saturated rings. The molecule has 0 radical (unpaired) electrons. The molecule has 3 heterocycles. The number of anilines is 1. The molecule has 3 rings (SSSR count). The molecular formula is C17H16N6O4. The Kier molecular flexibility index (Phi) is 4.79. The van der Waals surface area contributed by atoms with E-state index in [0.717, 1.165) is 0 Å². The van der Waals surface area contributed by atoms with Gasteiger partial charge in [0.05, 0.1) is 29.8 Å². The van der Waals surface area contributed by atoms with Crippen molar-refractivity contribution in [3.05, 3.63) is 48.1 Å². The summed E-state index contributed by atoms with van der Waals surface area (Å²) in [6.07, 6.45) is 1.46. The van der Waals surface area contributed by atoms with Crippen LogP contribution in [-0.4, -0.2) is 39.2 Å². The smallest absolute Gasteiger partial charge is 0.314 e. The molecular weight excluding hydrogens is 352 g/mol. The van der Waals surface area contributed by atoms with Gasteiger partial charge in [0.15, 0.2) is 0 Å². The lowest BCUT2D eigenvalue weighted by atomic mass is 10.2. The largest absolute Gasteiger partial charge is 0.467 e. The van der Waals surface area contributed by atoms with Crippen LogP contribution in [0.1, 0.15) is 18.4 Å². The molecule has 0 atom stereocenters. The normalized spacial score (nSPS) is 13.9. The van der Waals surface area contributed by atoms with Gasteiger partial charge < -0.3 is 15.1 Å². The maximum atomic E-state index is 12.1. The van der Waals surface area contributed by atoms with Crippen molar-refractivity contribution in [3.63, 3.8) is 0 Å². The number of nitrogens with one attached hydrogen (secondary N) is 2. The lowest BCUT2D eigenvalue weighted by molar-refractivity contribution is -0.136. The van der Waals surface area contributed by atoms with Gasteiger partial charge in [-0.2, -0.15) is 14.8 Å². The molecule has 27 heavy (non-hydrogen) atoms. The lowest BCUT2D eigenvalue weighted by Crippen LogP contribution is -2.36. The number of rotatable bonds is 3. The number of carbonyl (C=O) groups excluding carboxylic acids is 3. The molecule has 0 bridgehead atoms. The molecule has 0 saturated carbocycles. The summed E-state index contributed by atoms with van der Waals surface area (Å²) in [5.41, 5.74) is 1.12. The van der Waals surface area contributed by atoms with Crippen LogP contribution >= 0.6 is 0 Å². The molecule has 2 aromatic rings. The van der Waals surface area contributed by atoms with Crippen molar-refractivity contribution in [2.45, 2.75) is 20.4 Å². The van der Waals surface area contributed by atoms with Gasteiger partial charge in [-0.05, 0) is 26.0 Å². The standard InChI is InChI=1S/C17H16N6O4/c1-9-7-13(20-16(26)15(25)18-8-12-5-4-6-27-12)23(22-9)17-19-11(3)10(2)14(24)21-17/h4-7H,2,8H2,1,3H3,(H,18,25)(H,20,26). The van der Waals surface area contributed by atoms with E-state index in [4.69, 9.17) is 4.42 Å². The van der Waals surface area contributed by atoms with Crippen molar-refractivity contribution in [3.8, 4) is 0 Å². The van der Waals surface area contributed by atoms with Gasteiger partial charge in [-0.25, -0.2) is 4.99 Å². The average Bonchev–Trinajstić information content (AvgIpc) is 3.26. The van der Waals surface area contributed by atoms with Crippen LogP contribution in [0.3, 0.4) is 0 Å². The molecule has 138 valence electrons. The van der Waals surface area contributed by atoms with E-state index in [0.29, 0.717) is 17.2 Å². The number of aromatic nitrogens is 2.